The molecular formula is C29H26N2O5. The maximum absolute atomic E-state index is 12.9. The minimum Gasteiger partial charge on any atom is -0.423 e. The Kier molecular flexibility index (Phi) is 6.83. The van der Waals surface area contributed by atoms with E-state index in [0.717, 1.165) is 16.0 Å². The van der Waals surface area contributed by atoms with E-state index in [4.69, 9.17) is 4.74 Å². The standard InChI is InChI=1S/C29H26N2O5/c1-29(2,3)22-13-11-21(12-14-22)27(34)36-23-15-9-19(10-16-23)17-24-25(32)30-28(35)31(26(24)33)18-20-7-5-4-6-8-20/h4-17H,18H2,1-3H3,(H,30,32,35)/b24-17-. The molecule has 1 aliphatic rings. The van der Waals surface area contributed by atoms with Crippen LogP contribution in [0.3, 0.4) is 0 Å². The normalized spacial score (nSPS) is 15.1. The molecule has 1 fully saturated rings. The Hall–Kier alpha value is -4.52. The van der Waals surface area contributed by atoms with Crippen LogP contribution in [-0.4, -0.2) is 28.7 Å². The van der Waals surface area contributed by atoms with Crippen LogP contribution >= 0.6 is 0 Å². The molecule has 4 amide bonds. The van der Waals surface area contributed by atoms with Crippen LogP contribution < -0.4 is 10.1 Å². The van der Waals surface area contributed by atoms with E-state index < -0.39 is 23.8 Å². The summed E-state index contributed by atoms with van der Waals surface area (Å²) in [6, 6.07) is 21.9. The number of barbiturate groups is 1. The van der Waals surface area contributed by atoms with Crippen LogP contribution in [0.5, 0.6) is 5.75 Å². The highest BCUT2D eigenvalue weighted by Crippen LogP contribution is 2.23. The minimum atomic E-state index is -0.761. The summed E-state index contributed by atoms with van der Waals surface area (Å²) in [6.45, 7) is 6.34. The summed E-state index contributed by atoms with van der Waals surface area (Å²) < 4.78 is 5.45. The molecule has 1 aliphatic heterocycles. The minimum absolute atomic E-state index is 0.0186. The summed E-state index contributed by atoms with van der Waals surface area (Å²) in [7, 11) is 0. The van der Waals surface area contributed by atoms with Gasteiger partial charge >= 0.3 is 12.0 Å². The van der Waals surface area contributed by atoms with Crippen molar-refractivity contribution in [2.24, 2.45) is 0 Å². The van der Waals surface area contributed by atoms with Crippen molar-refractivity contribution in [3.63, 3.8) is 0 Å². The lowest BCUT2D eigenvalue weighted by Crippen LogP contribution is -2.53. The SMILES string of the molecule is CC(C)(C)c1ccc(C(=O)Oc2ccc(/C=C3/C(=O)NC(=O)N(Cc4ccccc4)C3=O)cc2)cc1. The van der Waals surface area contributed by atoms with Crippen molar-refractivity contribution in [1.82, 2.24) is 10.2 Å². The van der Waals surface area contributed by atoms with Crippen molar-refractivity contribution >= 4 is 29.9 Å². The molecule has 3 aromatic rings. The van der Waals surface area contributed by atoms with Crippen molar-refractivity contribution in [2.45, 2.75) is 32.7 Å². The maximum Gasteiger partial charge on any atom is 0.343 e. The second-order valence-corrected chi connectivity index (χ2v) is 9.48. The van der Waals surface area contributed by atoms with Gasteiger partial charge < -0.3 is 4.74 Å². The molecule has 0 unspecified atom stereocenters. The Morgan fingerprint density at radius 3 is 2.14 bits per heavy atom. The van der Waals surface area contributed by atoms with Crippen LogP contribution in [0.4, 0.5) is 4.79 Å². The fraction of sp³-hybridized carbons (Fsp3) is 0.172. The van der Waals surface area contributed by atoms with Crippen molar-refractivity contribution in [2.75, 3.05) is 0 Å². The number of carbonyl (C=O) groups is 4. The van der Waals surface area contributed by atoms with Crippen molar-refractivity contribution in [3.05, 3.63) is 107 Å². The molecule has 0 saturated carbocycles. The van der Waals surface area contributed by atoms with Gasteiger partial charge in [-0.2, -0.15) is 0 Å². The molecule has 1 saturated heterocycles. The highest BCUT2D eigenvalue weighted by atomic mass is 16.5. The third-order valence-electron chi connectivity index (χ3n) is 5.76. The van der Waals surface area contributed by atoms with E-state index in [1.807, 2.05) is 18.2 Å². The molecule has 0 radical (unpaired) electrons. The zero-order valence-corrected chi connectivity index (χ0v) is 20.3. The lowest BCUT2D eigenvalue weighted by molar-refractivity contribution is -0.130. The van der Waals surface area contributed by atoms with Crippen LogP contribution in [0, 0.1) is 0 Å². The molecule has 7 nitrogen and oxygen atoms in total. The first-order chi connectivity index (χ1) is 17.1. The van der Waals surface area contributed by atoms with Crippen LogP contribution in [0.15, 0.2) is 84.4 Å². The number of hydrogen-bond donors (Lipinski definition) is 1. The summed E-state index contributed by atoms with van der Waals surface area (Å²) in [4.78, 5) is 51.0. The zero-order valence-electron chi connectivity index (χ0n) is 20.3. The third-order valence-corrected chi connectivity index (χ3v) is 5.76. The van der Waals surface area contributed by atoms with E-state index in [-0.39, 0.29) is 17.5 Å². The lowest BCUT2D eigenvalue weighted by Gasteiger charge is -2.26. The highest BCUT2D eigenvalue weighted by molar-refractivity contribution is 6.30. The third kappa shape index (κ3) is 5.58. The molecule has 0 aromatic heterocycles. The number of rotatable bonds is 5. The van der Waals surface area contributed by atoms with Crippen LogP contribution in [0.1, 0.15) is 47.8 Å². The second-order valence-electron chi connectivity index (χ2n) is 9.48. The molecule has 1 heterocycles. The van der Waals surface area contributed by atoms with Gasteiger partial charge in [-0.15, -0.1) is 0 Å². The molecule has 0 aliphatic carbocycles. The molecule has 0 spiro atoms. The number of amides is 4. The largest absolute Gasteiger partial charge is 0.423 e. The first kappa shape index (κ1) is 24.6. The number of nitrogens with one attached hydrogen (secondary N) is 1. The number of carbonyl (C=O) groups excluding carboxylic acids is 4. The van der Waals surface area contributed by atoms with Gasteiger partial charge in [0.1, 0.15) is 11.3 Å². The summed E-state index contributed by atoms with van der Waals surface area (Å²) >= 11 is 0. The molecule has 7 heteroatoms. The number of imide groups is 2. The molecule has 182 valence electrons. The quantitative estimate of drug-likeness (QED) is 0.243. The maximum atomic E-state index is 12.9. The molecular weight excluding hydrogens is 456 g/mol. The van der Waals surface area contributed by atoms with Crippen molar-refractivity contribution < 1.29 is 23.9 Å². The van der Waals surface area contributed by atoms with Gasteiger partial charge in [0.2, 0.25) is 0 Å². The van der Waals surface area contributed by atoms with Gasteiger partial charge in [0.15, 0.2) is 0 Å². The number of esters is 1. The van der Waals surface area contributed by atoms with E-state index in [1.165, 1.54) is 6.08 Å². The molecule has 0 bridgehead atoms. The van der Waals surface area contributed by atoms with Gasteiger partial charge in [-0.05, 0) is 52.4 Å². The predicted molar refractivity (Wildman–Crippen MR) is 135 cm³/mol. The van der Waals surface area contributed by atoms with E-state index in [9.17, 15) is 19.2 Å². The number of nitrogens with zero attached hydrogens (tertiary/aromatic N) is 1. The van der Waals surface area contributed by atoms with E-state index >= 15 is 0 Å². The average Bonchev–Trinajstić information content (AvgIpc) is 2.85. The van der Waals surface area contributed by atoms with Gasteiger partial charge in [-0.25, -0.2) is 9.59 Å². The molecule has 3 aromatic carbocycles. The summed E-state index contributed by atoms with van der Waals surface area (Å²) in [5.74, 6) is -1.61. The Morgan fingerprint density at radius 1 is 0.889 bits per heavy atom. The number of benzene rings is 3. The van der Waals surface area contributed by atoms with Gasteiger partial charge in [0.25, 0.3) is 11.8 Å². The van der Waals surface area contributed by atoms with Gasteiger partial charge in [-0.1, -0.05) is 75.4 Å². The zero-order chi connectivity index (χ0) is 25.9. The summed E-state index contributed by atoms with van der Waals surface area (Å²) in [6.07, 6.45) is 1.40. The van der Waals surface area contributed by atoms with Gasteiger partial charge in [0, 0.05) is 0 Å². The topological polar surface area (TPSA) is 92.8 Å². The van der Waals surface area contributed by atoms with Crippen LogP contribution in [0.25, 0.3) is 6.08 Å². The van der Waals surface area contributed by atoms with Crippen LogP contribution in [0.2, 0.25) is 0 Å². The number of ether oxygens (including phenoxy) is 1. The highest BCUT2D eigenvalue weighted by Gasteiger charge is 2.35. The van der Waals surface area contributed by atoms with Gasteiger partial charge in [-0.3, -0.25) is 19.8 Å². The summed E-state index contributed by atoms with van der Waals surface area (Å²) in [5.41, 5.74) is 2.67. The Labute approximate surface area is 209 Å². The Morgan fingerprint density at radius 2 is 1.53 bits per heavy atom. The molecule has 1 N–H and O–H groups in total. The Balaban J connectivity index is 1.46. The molecule has 0 atom stereocenters. The van der Waals surface area contributed by atoms with Gasteiger partial charge in [0.05, 0.1) is 12.1 Å². The number of urea groups is 1. The monoisotopic (exact) mass is 482 g/mol. The number of hydrogen-bond acceptors (Lipinski definition) is 5. The fourth-order valence-electron chi connectivity index (χ4n) is 3.67. The fourth-order valence-corrected chi connectivity index (χ4v) is 3.67. The first-order valence-corrected chi connectivity index (χ1v) is 11.5. The molecule has 4 rings (SSSR count). The average molecular weight is 483 g/mol. The summed E-state index contributed by atoms with van der Waals surface area (Å²) in [5, 5.41) is 2.21. The predicted octanol–water partition coefficient (Wildman–Crippen LogP) is 4.87. The Bertz CT molecular complexity index is 1340. The van der Waals surface area contributed by atoms with E-state index in [2.05, 4.69) is 26.1 Å². The van der Waals surface area contributed by atoms with Crippen molar-refractivity contribution in [3.8, 4) is 5.75 Å². The van der Waals surface area contributed by atoms with Crippen LogP contribution in [-0.2, 0) is 21.5 Å². The van der Waals surface area contributed by atoms with E-state index in [1.54, 1.807) is 60.7 Å². The lowest BCUT2D eigenvalue weighted by atomic mass is 9.87. The second kappa shape index (κ2) is 10.00. The van der Waals surface area contributed by atoms with Crippen molar-refractivity contribution in [1.29, 1.82) is 0 Å². The smallest absolute Gasteiger partial charge is 0.343 e. The van der Waals surface area contributed by atoms with E-state index in [0.29, 0.717) is 16.9 Å². The molecule has 36 heavy (non-hydrogen) atoms. The first-order valence-electron chi connectivity index (χ1n) is 11.5.